The first-order valence-corrected chi connectivity index (χ1v) is 5.63. The van der Waals surface area contributed by atoms with Crippen molar-refractivity contribution in [3.05, 3.63) is 18.2 Å². The van der Waals surface area contributed by atoms with Crippen molar-refractivity contribution < 1.29 is 19.1 Å². The van der Waals surface area contributed by atoms with Crippen LogP contribution in [-0.2, 0) is 9.59 Å². The number of rotatable bonds is 1. The molecule has 0 saturated carbocycles. The number of fused-ring (bicyclic) bond motifs is 1. The van der Waals surface area contributed by atoms with Gasteiger partial charge in [-0.3, -0.25) is 9.59 Å². The Morgan fingerprint density at radius 2 is 1.83 bits per heavy atom. The molecule has 2 aliphatic rings. The summed E-state index contributed by atoms with van der Waals surface area (Å²) >= 11 is 0. The predicted octanol–water partition coefficient (Wildman–Crippen LogP) is 0.220. The van der Waals surface area contributed by atoms with E-state index in [2.05, 4.69) is 0 Å². The summed E-state index contributed by atoms with van der Waals surface area (Å²) in [6.45, 7) is 1.20. The average molecular weight is 248 g/mol. The molecule has 2 aliphatic heterocycles. The van der Waals surface area contributed by atoms with Crippen LogP contribution in [0.1, 0.15) is 0 Å². The highest BCUT2D eigenvalue weighted by Gasteiger charge is 2.31. The molecule has 0 bridgehead atoms. The topological polar surface area (TPSA) is 59.1 Å². The summed E-state index contributed by atoms with van der Waals surface area (Å²) in [7, 11) is 1.62. The highest BCUT2D eigenvalue weighted by atomic mass is 16.7. The number of anilines is 1. The molecule has 94 valence electrons. The molecular formula is C12H12N2O4. The molecule has 1 fully saturated rings. The fourth-order valence-corrected chi connectivity index (χ4v) is 2.03. The van der Waals surface area contributed by atoms with Gasteiger partial charge in [0.15, 0.2) is 11.5 Å². The van der Waals surface area contributed by atoms with Gasteiger partial charge in [0.2, 0.25) is 6.79 Å². The van der Waals surface area contributed by atoms with Crippen LogP contribution in [0.4, 0.5) is 5.69 Å². The predicted molar refractivity (Wildman–Crippen MR) is 62.6 cm³/mol. The highest BCUT2D eigenvalue weighted by molar-refractivity contribution is 6.40. The van der Waals surface area contributed by atoms with Crippen LogP contribution in [0.2, 0.25) is 0 Å². The highest BCUT2D eigenvalue weighted by Crippen LogP contribution is 2.35. The maximum atomic E-state index is 11.9. The summed E-state index contributed by atoms with van der Waals surface area (Å²) in [6, 6.07) is 5.22. The molecule has 0 unspecified atom stereocenters. The first-order valence-electron chi connectivity index (χ1n) is 5.63. The van der Waals surface area contributed by atoms with Gasteiger partial charge in [0.25, 0.3) is 0 Å². The molecule has 0 N–H and O–H groups in total. The van der Waals surface area contributed by atoms with Crippen molar-refractivity contribution in [3.8, 4) is 11.5 Å². The lowest BCUT2D eigenvalue weighted by Gasteiger charge is -2.31. The largest absolute Gasteiger partial charge is 0.454 e. The molecule has 6 heteroatoms. The Labute approximate surface area is 104 Å². The molecule has 0 atom stereocenters. The van der Waals surface area contributed by atoms with Crippen molar-refractivity contribution in [3.63, 3.8) is 0 Å². The van der Waals surface area contributed by atoms with Crippen molar-refractivity contribution >= 4 is 17.5 Å². The molecule has 0 aliphatic carbocycles. The first-order chi connectivity index (χ1) is 8.66. The summed E-state index contributed by atoms with van der Waals surface area (Å²) in [5.74, 6) is 0.264. The zero-order chi connectivity index (χ0) is 12.7. The Balaban J connectivity index is 1.91. The van der Waals surface area contributed by atoms with Gasteiger partial charge in [0.05, 0.1) is 0 Å². The summed E-state index contributed by atoms with van der Waals surface area (Å²) in [6.07, 6.45) is 0. The van der Waals surface area contributed by atoms with E-state index in [-0.39, 0.29) is 6.79 Å². The lowest BCUT2D eigenvalue weighted by molar-refractivity contribution is -0.145. The molecular weight excluding hydrogens is 236 g/mol. The van der Waals surface area contributed by atoms with Crippen molar-refractivity contribution in [2.45, 2.75) is 0 Å². The van der Waals surface area contributed by atoms with E-state index in [0.717, 1.165) is 0 Å². The summed E-state index contributed by atoms with van der Waals surface area (Å²) in [4.78, 5) is 26.4. The minimum atomic E-state index is -0.511. The van der Waals surface area contributed by atoms with Crippen molar-refractivity contribution in [2.24, 2.45) is 0 Å². The van der Waals surface area contributed by atoms with Crippen LogP contribution in [0.15, 0.2) is 18.2 Å². The number of ether oxygens (including phenoxy) is 2. The first kappa shape index (κ1) is 10.9. The van der Waals surface area contributed by atoms with Gasteiger partial charge in [0, 0.05) is 31.9 Å². The molecule has 2 heterocycles. The molecule has 1 saturated heterocycles. The van der Waals surface area contributed by atoms with E-state index in [4.69, 9.17) is 9.47 Å². The molecule has 0 spiro atoms. The minimum Gasteiger partial charge on any atom is -0.454 e. The Morgan fingerprint density at radius 3 is 2.67 bits per heavy atom. The molecule has 0 radical (unpaired) electrons. The zero-order valence-electron chi connectivity index (χ0n) is 9.88. The van der Waals surface area contributed by atoms with E-state index in [0.29, 0.717) is 30.3 Å². The van der Waals surface area contributed by atoms with Crippen LogP contribution >= 0.6 is 0 Å². The van der Waals surface area contributed by atoms with Crippen LogP contribution in [0.5, 0.6) is 11.5 Å². The van der Waals surface area contributed by atoms with E-state index in [9.17, 15) is 9.59 Å². The maximum Gasteiger partial charge on any atom is 0.316 e. The van der Waals surface area contributed by atoms with Crippen LogP contribution < -0.4 is 14.4 Å². The number of nitrogens with zero attached hydrogens (tertiary/aromatic N) is 2. The average Bonchev–Trinajstić information content (AvgIpc) is 2.83. The van der Waals surface area contributed by atoms with Gasteiger partial charge in [-0.2, -0.15) is 0 Å². The third kappa shape index (κ3) is 1.57. The fourth-order valence-electron chi connectivity index (χ4n) is 2.03. The second-order valence-electron chi connectivity index (χ2n) is 4.22. The third-order valence-electron chi connectivity index (χ3n) is 3.10. The Bertz CT molecular complexity index is 529. The van der Waals surface area contributed by atoms with Gasteiger partial charge in [-0.05, 0) is 12.1 Å². The molecule has 1 aromatic rings. The van der Waals surface area contributed by atoms with E-state index < -0.39 is 11.8 Å². The monoisotopic (exact) mass is 248 g/mol. The standard InChI is InChI=1S/C12H12N2O4/c1-13-4-5-14(12(16)11(13)15)8-2-3-9-10(6-8)18-7-17-9/h2-3,6H,4-5,7H2,1H3. The number of hydrogen-bond donors (Lipinski definition) is 0. The minimum absolute atomic E-state index is 0.189. The fraction of sp³-hybridized carbons (Fsp3) is 0.333. The van der Waals surface area contributed by atoms with Gasteiger partial charge in [-0.15, -0.1) is 0 Å². The summed E-state index contributed by atoms with van der Waals surface area (Å²) in [5, 5.41) is 0. The second-order valence-corrected chi connectivity index (χ2v) is 4.22. The summed E-state index contributed by atoms with van der Waals surface area (Å²) < 4.78 is 10.5. The number of likely N-dealkylation sites (N-methyl/N-ethyl adjacent to an activating group) is 1. The number of carbonyl (C=O) groups excluding carboxylic acids is 2. The Morgan fingerprint density at radius 1 is 1.06 bits per heavy atom. The van der Waals surface area contributed by atoms with Crippen LogP contribution in [0.25, 0.3) is 0 Å². The Kier molecular flexibility index (Phi) is 2.36. The molecule has 3 rings (SSSR count). The van der Waals surface area contributed by atoms with Crippen molar-refractivity contribution in [1.82, 2.24) is 4.90 Å². The number of carbonyl (C=O) groups is 2. The number of hydrogen-bond acceptors (Lipinski definition) is 4. The number of benzene rings is 1. The second kappa shape index (κ2) is 3.90. The lowest BCUT2D eigenvalue weighted by Crippen LogP contribution is -2.52. The van der Waals surface area contributed by atoms with Crippen LogP contribution in [-0.4, -0.2) is 43.6 Å². The van der Waals surface area contributed by atoms with E-state index in [1.165, 1.54) is 9.80 Å². The molecule has 18 heavy (non-hydrogen) atoms. The third-order valence-corrected chi connectivity index (χ3v) is 3.10. The molecule has 2 amide bonds. The smallest absolute Gasteiger partial charge is 0.316 e. The lowest BCUT2D eigenvalue weighted by atomic mass is 10.2. The van der Waals surface area contributed by atoms with Crippen LogP contribution in [0.3, 0.4) is 0 Å². The van der Waals surface area contributed by atoms with Gasteiger partial charge >= 0.3 is 11.8 Å². The zero-order valence-corrected chi connectivity index (χ0v) is 9.88. The summed E-state index contributed by atoms with van der Waals surface area (Å²) in [5.41, 5.74) is 0.658. The maximum absolute atomic E-state index is 11.9. The van der Waals surface area contributed by atoms with Crippen molar-refractivity contribution in [2.75, 3.05) is 31.8 Å². The van der Waals surface area contributed by atoms with E-state index in [1.54, 1.807) is 25.2 Å². The molecule has 1 aromatic carbocycles. The van der Waals surface area contributed by atoms with Gasteiger partial charge < -0.3 is 19.3 Å². The number of amides is 2. The van der Waals surface area contributed by atoms with Gasteiger partial charge in [-0.25, -0.2) is 0 Å². The molecule has 0 aromatic heterocycles. The van der Waals surface area contributed by atoms with Crippen LogP contribution in [0, 0.1) is 0 Å². The van der Waals surface area contributed by atoms with E-state index in [1.807, 2.05) is 0 Å². The Hall–Kier alpha value is -2.24. The van der Waals surface area contributed by atoms with Gasteiger partial charge in [-0.1, -0.05) is 0 Å². The van der Waals surface area contributed by atoms with E-state index >= 15 is 0 Å². The molecule has 6 nitrogen and oxygen atoms in total. The number of piperazine rings is 1. The van der Waals surface area contributed by atoms with Gasteiger partial charge in [0.1, 0.15) is 0 Å². The normalized spacial score (nSPS) is 18.5. The quantitative estimate of drug-likeness (QED) is 0.667. The SMILES string of the molecule is CN1CCN(c2ccc3c(c2)OCO3)C(=O)C1=O. The van der Waals surface area contributed by atoms with Crippen molar-refractivity contribution in [1.29, 1.82) is 0 Å².